The Morgan fingerprint density at radius 1 is 1.19 bits per heavy atom. The van der Waals surface area contributed by atoms with Gasteiger partial charge < -0.3 is 5.32 Å². The van der Waals surface area contributed by atoms with Crippen molar-refractivity contribution in [3.8, 4) is 0 Å². The van der Waals surface area contributed by atoms with E-state index in [0.29, 0.717) is 16.7 Å². The number of nitrogens with zero attached hydrogens (tertiary/aromatic N) is 2. The van der Waals surface area contributed by atoms with E-state index in [4.69, 9.17) is 0 Å². The fraction of sp³-hybridized carbons (Fsp3) is 0.714. The van der Waals surface area contributed by atoms with Crippen molar-refractivity contribution in [2.45, 2.75) is 39.2 Å². The minimum Gasteiger partial charge on any atom is -0.352 e. The van der Waals surface area contributed by atoms with Crippen molar-refractivity contribution in [3.05, 3.63) is 0 Å². The number of rotatable bonds is 3. The molecular formula is C14H21N3O4. The molecule has 2 fully saturated rings. The molecule has 1 aliphatic heterocycles. The summed E-state index contributed by atoms with van der Waals surface area (Å²) >= 11 is 0. The molecule has 1 saturated carbocycles. The molecule has 116 valence electrons. The highest BCUT2D eigenvalue weighted by atomic mass is 16.2. The number of carbonyl (C=O) groups excluding carboxylic acids is 4. The zero-order valence-electron chi connectivity index (χ0n) is 12.6. The molecule has 21 heavy (non-hydrogen) atoms. The summed E-state index contributed by atoms with van der Waals surface area (Å²) in [6, 6.07) is -0.687. The molecule has 3 atom stereocenters. The number of imide groups is 2. The van der Waals surface area contributed by atoms with Crippen LogP contribution in [0.4, 0.5) is 4.79 Å². The molecule has 5 amide bonds. The summed E-state index contributed by atoms with van der Waals surface area (Å²) in [5.74, 6) is -1.34. The molecule has 2 aliphatic rings. The van der Waals surface area contributed by atoms with E-state index in [-0.39, 0.29) is 6.04 Å². The zero-order chi connectivity index (χ0) is 15.7. The number of hydrogen-bond donors (Lipinski definition) is 1. The maximum atomic E-state index is 12.0. The van der Waals surface area contributed by atoms with Crippen LogP contribution in [-0.4, -0.2) is 53.2 Å². The Balaban J connectivity index is 1.95. The van der Waals surface area contributed by atoms with Crippen LogP contribution in [0.25, 0.3) is 0 Å². The summed E-state index contributed by atoms with van der Waals surface area (Å²) in [7, 11) is 1.23. The number of amides is 5. The van der Waals surface area contributed by atoms with Crippen LogP contribution in [0, 0.1) is 11.8 Å². The van der Waals surface area contributed by atoms with Crippen molar-refractivity contribution in [3.63, 3.8) is 0 Å². The van der Waals surface area contributed by atoms with Crippen molar-refractivity contribution >= 4 is 23.8 Å². The summed E-state index contributed by atoms with van der Waals surface area (Å²) < 4.78 is 0. The van der Waals surface area contributed by atoms with E-state index in [1.807, 2.05) is 0 Å². The highest BCUT2D eigenvalue weighted by Gasteiger charge is 2.43. The first-order valence-electron chi connectivity index (χ1n) is 7.25. The van der Waals surface area contributed by atoms with Crippen molar-refractivity contribution in [2.24, 2.45) is 11.8 Å². The predicted octanol–water partition coefficient (Wildman–Crippen LogP) is 0.348. The summed E-state index contributed by atoms with van der Waals surface area (Å²) in [6.07, 6.45) is 3.10. The van der Waals surface area contributed by atoms with Gasteiger partial charge in [0.05, 0.1) is 0 Å². The van der Waals surface area contributed by atoms with Crippen LogP contribution >= 0.6 is 0 Å². The number of likely N-dealkylation sites (N-methyl/N-ethyl adjacent to an activating group) is 1. The summed E-state index contributed by atoms with van der Waals surface area (Å²) in [5, 5.41) is 2.88. The van der Waals surface area contributed by atoms with E-state index >= 15 is 0 Å². The number of urea groups is 1. The Kier molecular flexibility index (Phi) is 4.29. The molecule has 1 N–H and O–H groups in total. The lowest BCUT2D eigenvalue weighted by Crippen LogP contribution is -2.48. The molecule has 7 heteroatoms. The van der Waals surface area contributed by atoms with Crippen LogP contribution in [0.15, 0.2) is 0 Å². The number of carbonyl (C=O) groups is 4. The molecule has 1 saturated heterocycles. The van der Waals surface area contributed by atoms with Gasteiger partial charge in [0.1, 0.15) is 6.54 Å². The van der Waals surface area contributed by atoms with Crippen LogP contribution in [0.1, 0.15) is 33.1 Å². The largest absolute Gasteiger partial charge is 0.352 e. The van der Waals surface area contributed by atoms with Gasteiger partial charge in [0.15, 0.2) is 0 Å². The fourth-order valence-electron chi connectivity index (χ4n) is 2.93. The molecular weight excluding hydrogens is 274 g/mol. The van der Waals surface area contributed by atoms with Crippen molar-refractivity contribution in [2.75, 3.05) is 13.6 Å². The lowest BCUT2D eigenvalue weighted by Gasteiger charge is -2.34. The molecule has 0 aromatic carbocycles. The standard InChI is InChI=1S/C14H21N3O4/c1-8-5-4-6-10(9(8)2)15-11(18)7-17-13(20)12(19)16(3)14(17)21/h8-10H,4-7H2,1-3H3,(H,15,18)/t8-,9-,10+/m1/s1. The second-order valence-corrected chi connectivity index (χ2v) is 5.98. The van der Waals surface area contributed by atoms with Crippen LogP contribution in [-0.2, 0) is 14.4 Å². The Morgan fingerprint density at radius 2 is 1.86 bits per heavy atom. The van der Waals surface area contributed by atoms with Crippen LogP contribution < -0.4 is 5.32 Å². The first kappa shape index (κ1) is 15.5. The summed E-state index contributed by atoms with van der Waals surface area (Å²) in [6.45, 7) is 3.85. The summed E-state index contributed by atoms with van der Waals surface area (Å²) in [4.78, 5) is 48.1. The van der Waals surface area contributed by atoms with E-state index in [1.165, 1.54) is 7.05 Å². The highest BCUT2D eigenvalue weighted by Crippen LogP contribution is 2.29. The zero-order valence-corrected chi connectivity index (χ0v) is 12.6. The second kappa shape index (κ2) is 5.83. The van der Waals surface area contributed by atoms with E-state index in [1.54, 1.807) is 0 Å². The molecule has 0 radical (unpaired) electrons. The Labute approximate surface area is 123 Å². The molecule has 2 rings (SSSR count). The summed E-state index contributed by atoms with van der Waals surface area (Å²) in [5.41, 5.74) is 0. The molecule has 0 aromatic rings. The van der Waals surface area contributed by atoms with Crippen molar-refractivity contribution in [1.82, 2.24) is 15.1 Å². The SMILES string of the molecule is C[C@@H]1[C@H](C)CCC[C@@H]1NC(=O)CN1C(=O)C(=O)N(C)C1=O. The van der Waals surface area contributed by atoms with E-state index < -0.39 is 30.3 Å². The van der Waals surface area contributed by atoms with Gasteiger partial charge in [-0.1, -0.05) is 26.7 Å². The average molecular weight is 295 g/mol. The maximum Gasteiger partial charge on any atom is 0.334 e. The second-order valence-electron chi connectivity index (χ2n) is 5.98. The maximum absolute atomic E-state index is 12.0. The molecule has 0 aromatic heterocycles. The van der Waals surface area contributed by atoms with E-state index in [9.17, 15) is 19.2 Å². The molecule has 0 spiro atoms. The predicted molar refractivity (Wildman–Crippen MR) is 74.0 cm³/mol. The first-order chi connectivity index (χ1) is 9.82. The number of nitrogens with one attached hydrogen (secondary N) is 1. The van der Waals surface area contributed by atoms with E-state index in [0.717, 1.165) is 24.2 Å². The normalized spacial score (nSPS) is 30.0. The van der Waals surface area contributed by atoms with E-state index in [2.05, 4.69) is 19.2 Å². The Hall–Kier alpha value is -1.92. The fourth-order valence-corrected chi connectivity index (χ4v) is 2.93. The third kappa shape index (κ3) is 2.91. The van der Waals surface area contributed by atoms with Crippen LogP contribution in [0.3, 0.4) is 0 Å². The average Bonchev–Trinajstić information content (AvgIpc) is 2.62. The minimum atomic E-state index is -0.942. The Bertz CT molecular complexity index is 491. The van der Waals surface area contributed by atoms with Crippen molar-refractivity contribution in [1.29, 1.82) is 0 Å². The van der Waals surface area contributed by atoms with Gasteiger partial charge in [-0.05, 0) is 18.3 Å². The van der Waals surface area contributed by atoms with Crippen LogP contribution in [0.5, 0.6) is 0 Å². The van der Waals surface area contributed by atoms with Gasteiger partial charge >= 0.3 is 17.8 Å². The van der Waals surface area contributed by atoms with Crippen molar-refractivity contribution < 1.29 is 19.2 Å². The van der Waals surface area contributed by atoms with Gasteiger partial charge in [-0.2, -0.15) is 0 Å². The van der Waals surface area contributed by atoms with Crippen LogP contribution in [0.2, 0.25) is 0 Å². The van der Waals surface area contributed by atoms with Gasteiger partial charge in [-0.25, -0.2) is 9.69 Å². The third-order valence-electron chi connectivity index (χ3n) is 4.61. The smallest absolute Gasteiger partial charge is 0.334 e. The molecule has 1 aliphatic carbocycles. The monoisotopic (exact) mass is 295 g/mol. The van der Waals surface area contributed by atoms with Gasteiger partial charge in [0.2, 0.25) is 5.91 Å². The molecule has 0 bridgehead atoms. The highest BCUT2D eigenvalue weighted by molar-refractivity contribution is 6.44. The van der Waals surface area contributed by atoms with Gasteiger partial charge in [0, 0.05) is 13.1 Å². The third-order valence-corrected chi connectivity index (χ3v) is 4.61. The molecule has 7 nitrogen and oxygen atoms in total. The Morgan fingerprint density at radius 3 is 2.43 bits per heavy atom. The molecule has 0 unspecified atom stereocenters. The lowest BCUT2D eigenvalue weighted by atomic mass is 9.78. The minimum absolute atomic E-state index is 0.0579. The van der Waals surface area contributed by atoms with Gasteiger partial charge in [0.25, 0.3) is 0 Å². The quantitative estimate of drug-likeness (QED) is 0.601. The lowest BCUT2D eigenvalue weighted by molar-refractivity contribution is -0.143. The van der Waals surface area contributed by atoms with Gasteiger partial charge in [-0.15, -0.1) is 0 Å². The van der Waals surface area contributed by atoms with Gasteiger partial charge in [-0.3, -0.25) is 19.3 Å². The molecule has 1 heterocycles. The topological polar surface area (TPSA) is 86.8 Å². The first-order valence-corrected chi connectivity index (χ1v) is 7.25. The number of hydrogen-bond acceptors (Lipinski definition) is 4.